The third kappa shape index (κ3) is 8.23. The molecule has 0 radical (unpaired) electrons. The van der Waals surface area contributed by atoms with Gasteiger partial charge in [0.15, 0.2) is 0 Å². The van der Waals surface area contributed by atoms with Gasteiger partial charge in [-0.2, -0.15) is 0 Å². The van der Waals surface area contributed by atoms with Crippen molar-refractivity contribution in [3.63, 3.8) is 0 Å². The molecular formula is C4H8I2Mg. The maximum absolute atomic E-state index is 1.50. The van der Waals surface area contributed by atoms with Crippen LogP contribution < -0.4 is 48.0 Å². The molecule has 1 aliphatic rings. The third-order valence-electron chi connectivity index (χ3n) is 1.000. The van der Waals surface area contributed by atoms with Crippen molar-refractivity contribution in [1.29, 1.82) is 0 Å². The molecule has 0 unspecified atom stereocenters. The normalized spacial score (nSPS) is 13.7. The maximum Gasteiger partial charge on any atom is 2.00 e. The average Bonchev–Trinajstić information content (AvgIpc) is 0.722. The molecule has 1 aliphatic carbocycles. The fourth-order valence-corrected chi connectivity index (χ4v) is 0.250. The van der Waals surface area contributed by atoms with Gasteiger partial charge in [-0.3, -0.25) is 0 Å². The molecule has 1 fully saturated rings. The van der Waals surface area contributed by atoms with Crippen molar-refractivity contribution in [1.82, 2.24) is 0 Å². The van der Waals surface area contributed by atoms with Gasteiger partial charge in [-0.05, 0) is 0 Å². The smallest absolute Gasteiger partial charge is 1.00 e. The first kappa shape index (κ1) is 16.1. The summed E-state index contributed by atoms with van der Waals surface area (Å²) < 4.78 is 0. The second kappa shape index (κ2) is 11.1. The van der Waals surface area contributed by atoms with Crippen molar-refractivity contribution >= 4 is 23.1 Å². The van der Waals surface area contributed by atoms with Gasteiger partial charge in [-0.1, -0.05) is 25.7 Å². The van der Waals surface area contributed by atoms with E-state index in [9.17, 15) is 0 Å². The van der Waals surface area contributed by atoms with Gasteiger partial charge in [0.05, 0.1) is 0 Å². The monoisotopic (exact) mass is 334 g/mol. The number of halogens is 2. The van der Waals surface area contributed by atoms with E-state index in [0.29, 0.717) is 0 Å². The van der Waals surface area contributed by atoms with Crippen LogP contribution in [0, 0.1) is 0 Å². The molecule has 1 rings (SSSR count). The van der Waals surface area contributed by atoms with Crippen molar-refractivity contribution in [3.05, 3.63) is 0 Å². The number of hydrogen-bond donors (Lipinski definition) is 0. The first-order chi connectivity index (χ1) is 2.00. The van der Waals surface area contributed by atoms with Gasteiger partial charge in [0.25, 0.3) is 0 Å². The summed E-state index contributed by atoms with van der Waals surface area (Å²) in [6.45, 7) is 0. The zero-order valence-electron chi connectivity index (χ0n) is 4.29. The van der Waals surface area contributed by atoms with Gasteiger partial charge in [0, 0.05) is 0 Å². The molecule has 0 amide bonds. The van der Waals surface area contributed by atoms with Crippen LogP contribution in [0.5, 0.6) is 0 Å². The molecule has 0 saturated heterocycles. The minimum Gasteiger partial charge on any atom is -1.00 e. The predicted octanol–water partition coefficient (Wildman–Crippen LogP) is -4.81. The van der Waals surface area contributed by atoms with Crippen LogP contribution in [0.1, 0.15) is 25.7 Å². The molecule has 0 aromatic carbocycles. The SMILES string of the molecule is C1CCC1.[I-].[I-].[Mg+2]. The van der Waals surface area contributed by atoms with E-state index in [1.54, 1.807) is 0 Å². The summed E-state index contributed by atoms with van der Waals surface area (Å²) in [5, 5.41) is 0. The van der Waals surface area contributed by atoms with E-state index in [1.165, 1.54) is 25.7 Å². The molecule has 0 bridgehead atoms. The van der Waals surface area contributed by atoms with Crippen molar-refractivity contribution < 1.29 is 48.0 Å². The first-order valence-corrected chi connectivity index (χ1v) is 2.00. The van der Waals surface area contributed by atoms with Gasteiger partial charge in [0.1, 0.15) is 0 Å². The van der Waals surface area contributed by atoms with Crippen LogP contribution in [0.15, 0.2) is 0 Å². The van der Waals surface area contributed by atoms with E-state index >= 15 is 0 Å². The molecule has 0 aromatic heterocycles. The maximum atomic E-state index is 1.50. The van der Waals surface area contributed by atoms with Gasteiger partial charge in [-0.15, -0.1) is 0 Å². The molecule has 0 aliphatic heterocycles. The Kier molecular flexibility index (Phi) is 25.5. The molecule has 0 N–H and O–H groups in total. The Bertz CT molecular complexity index is 17.7. The molecule has 7 heavy (non-hydrogen) atoms. The number of hydrogen-bond acceptors (Lipinski definition) is 0. The van der Waals surface area contributed by atoms with Crippen LogP contribution in [0.3, 0.4) is 0 Å². The van der Waals surface area contributed by atoms with Crippen LogP contribution in [-0.4, -0.2) is 23.1 Å². The largest absolute Gasteiger partial charge is 2.00 e. The van der Waals surface area contributed by atoms with Crippen molar-refractivity contribution in [2.24, 2.45) is 0 Å². The van der Waals surface area contributed by atoms with E-state index in [0.717, 1.165) is 0 Å². The van der Waals surface area contributed by atoms with Crippen LogP contribution in [-0.2, 0) is 0 Å². The standard InChI is InChI=1S/C4H8.2HI.Mg/c1-2-4-3-1;;;/h1-4H2;2*1H;/q;;;+2/p-2. The van der Waals surface area contributed by atoms with Gasteiger partial charge < -0.3 is 48.0 Å². The van der Waals surface area contributed by atoms with E-state index in [1.807, 2.05) is 0 Å². The molecule has 0 aromatic rings. The van der Waals surface area contributed by atoms with E-state index in [-0.39, 0.29) is 71.0 Å². The van der Waals surface area contributed by atoms with Gasteiger partial charge in [0.2, 0.25) is 0 Å². The minimum atomic E-state index is 0. The summed E-state index contributed by atoms with van der Waals surface area (Å²) >= 11 is 0. The van der Waals surface area contributed by atoms with E-state index < -0.39 is 0 Å². The van der Waals surface area contributed by atoms with E-state index in [2.05, 4.69) is 0 Å². The summed E-state index contributed by atoms with van der Waals surface area (Å²) in [7, 11) is 0. The molecule has 1 saturated carbocycles. The van der Waals surface area contributed by atoms with Crippen molar-refractivity contribution in [3.8, 4) is 0 Å². The third-order valence-corrected chi connectivity index (χ3v) is 1.000. The Morgan fingerprint density at radius 3 is 0.714 bits per heavy atom. The Balaban J connectivity index is -0.0000000533. The van der Waals surface area contributed by atoms with Crippen LogP contribution in [0.2, 0.25) is 0 Å². The first-order valence-electron chi connectivity index (χ1n) is 2.00. The summed E-state index contributed by atoms with van der Waals surface area (Å²) in [6, 6.07) is 0. The van der Waals surface area contributed by atoms with Crippen LogP contribution >= 0.6 is 0 Å². The van der Waals surface area contributed by atoms with Crippen LogP contribution in [0.25, 0.3) is 0 Å². The zero-order valence-corrected chi connectivity index (χ0v) is 10.0. The molecule has 40 valence electrons. The fourth-order valence-electron chi connectivity index (χ4n) is 0.250. The van der Waals surface area contributed by atoms with Gasteiger partial charge >= 0.3 is 23.1 Å². The van der Waals surface area contributed by atoms with Crippen LogP contribution in [0.4, 0.5) is 0 Å². The molecule has 0 spiro atoms. The number of rotatable bonds is 0. The molecule has 0 nitrogen and oxygen atoms in total. The molecule has 0 atom stereocenters. The van der Waals surface area contributed by atoms with Gasteiger partial charge in [-0.25, -0.2) is 0 Å². The Hall–Kier alpha value is 2.23. The van der Waals surface area contributed by atoms with Crippen molar-refractivity contribution in [2.45, 2.75) is 25.7 Å². The average molecular weight is 334 g/mol. The second-order valence-corrected chi connectivity index (χ2v) is 1.41. The summed E-state index contributed by atoms with van der Waals surface area (Å²) in [4.78, 5) is 0. The Morgan fingerprint density at radius 1 is 0.571 bits per heavy atom. The Labute approximate surface area is 95.4 Å². The molecule has 0 heterocycles. The zero-order chi connectivity index (χ0) is 2.83. The summed E-state index contributed by atoms with van der Waals surface area (Å²) in [5.74, 6) is 0. The minimum absolute atomic E-state index is 0. The second-order valence-electron chi connectivity index (χ2n) is 1.41. The Morgan fingerprint density at radius 2 is 0.714 bits per heavy atom. The summed E-state index contributed by atoms with van der Waals surface area (Å²) in [6.07, 6.45) is 6.00. The topological polar surface area (TPSA) is 0 Å². The predicted molar refractivity (Wildman–Crippen MR) is 24.2 cm³/mol. The molecule has 3 heteroatoms. The summed E-state index contributed by atoms with van der Waals surface area (Å²) in [5.41, 5.74) is 0. The van der Waals surface area contributed by atoms with Crippen molar-refractivity contribution in [2.75, 3.05) is 0 Å². The quantitative estimate of drug-likeness (QED) is 0.308. The van der Waals surface area contributed by atoms with E-state index in [4.69, 9.17) is 0 Å². The fraction of sp³-hybridized carbons (Fsp3) is 1.00. The molecular weight excluding hydrogens is 326 g/mol.